The zero-order chi connectivity index (χ0) is 15.4. The smallest absolute Gasteiger partial charge is 0.0738 e. The van der Waals surface area contributed by atoms with Gasteiger partial charge in [-0.2, -0.15) is 5.10 Å². The number of hydrogen-bond donors (Lipinski definition) is 1. The largest absolute Gasteiger partial charge is 0.310 e. The lowest BCUT2D eigenvalue weighted by Gasteiger charge is -2.19. The average molecular weight is 416 g/mol. The van der Waals surface area contributed by atoms with E-state index >= 15 is 0 Å². The minimum Gasteiger partial charge on any atom is -0.310 e. The maximum Gasteiger partial charge on any atom is 0.0738 e. The molecule has 0 radical (unpaired) electrons. The van der Waals surface area contributed by atoms with Gasteiger partial charge in [-0.1, -0.05) is 6.92 Å². The van der Waals surface area contributed by atoms with Crippen molar-refractivity contribution in [2.45, 2.75) is 39.8 Å². The average Bonchev–Trinajstić information content (AvgIpc) is 2.74. The highest BCUT2D eigenvalue weighted by Gasteiger charge is 2.19. The van der Waals surface area contributed by atoms with Crippen LogP contribution in [0.15, 0.2) is 27.4 Å². The van der Waals surface area contributed by atoms with Crippen molar-refractivity contribution >= 4 is 31.9 Å². The highest BCUT2D eigenvalue weighted by Crippen LogP contribution is 2.27. The molecule has 2 rings (SSSR count). The van der Waals surface area contributed by atoms with Crippen molar-refractivity contribution in [2.24, 2.45) is 0 Å². The van der Waals surface area contributed by atoms with Gasteiger partial charge in [-0.05, 0) is 63.9 Å². The lowest BCUT2D eigenvalue weighted by atomic mass is 10.0. The van der Waals surface area contributed by atoms with Crippen molar-refractivity contribution in [1.29, 1.82) is 0 Å². The number of rotatable bonds is 6. The van der Waals surface area contributed by atoms with Crippen molar-refractivity contribution < 1.29 is 0 Å². The second-order valence-electron chi connectivity index (χ2n) is 4.91. The lowest BCUT2D eigenvalue weighted by Crippen LogP contribution is -2.24. The summed E-state index contributed by atoms with van der Waals surface area (Å²) in [4.78, 5) is 4.28. The molecule has 0 saturated carbocycles. The Morgan fingerprint density at radius 1 is 1.29 bits per heavy atom. The topological polar surface area (TPSA) is 42.7 Å². The Balaban J connectivity index is 2.32. The normalized spacial score (nSPS) is 12.6. The lowest BCUT2D eigenvalue weighted by molar-refractivity contribution is 0.514. The summed E-state index contributed by atoms with van der Waals surface area (Å²) in [5, 5.41) is 8.11. The third kappa shape index (κ3) is 3.93. The molecule has 0 spiro atoms. The van der Waals surface area contributed by atoms with Crippen LogP contribution in [-0.2, 0) is 13.0 Å². The molecule has 4 nitrogen and oxygen atoms in total. The molecule has 0 fully saturated rings. The Morgan fingerprint density at radius 3 is 2.67 bits per heavy atom. The molecule has 0 saturated heterocycles. The minimum atomic E-state index is 0.220. The molecule has 6 heteroatoms. The van der Waals surface area contributed by atoms with Crippen molar-refractivity contribution in [3.05, 3.63) is 44.4 Å². The van der Waals surface area contributed by atoms with E-state index in [9.17, 15) is 0 Å². The number of pyridine rings is 1. The highest BCUT2D eigenvalue weighted by molar-refractivity contribution is 9.10. The van der Waals surface area contributed by atoms with Gasteiger partial charge in [0, 0.05) is 35.9 Å². The molecule has 2 aromatic heterocycles. The van der Waals surface area contributed by atoms with E-state index in [0.29, 0.717) is 0 Å². The van der Waals surface area contributed by atoms with Crippen LogP contribution < -0.4 is 5.32 Å². The quantitative estimate of drug-likeness (QED) is 0.774. The van der Waals surface area contributed by atoms with Crippen LogP contribution in [0.5, 0.6) is 0 Å². The summed E-state index contributed by atoms with van der Waals surface area (Å²) < 4.78 is 4.17. The number of nitrogens with zero attached hydrogens (tertiary/aromatic N) is 3. The fourth-order valence-electron chi connectivity index (χ4n) is 2.43. The molecule has 1 N–H and O–H groups in total. The predicted molar refractivity (Wildman–Crippen MR) is 92.4 cm³/mol. The SMILES string of the molecule is CCNC(Cc1c(Br)c(C)nn1CC)c1cncc(Br)c1. The number of aromatic nitrogens is 3. The molecular formula is C15H20Br2N4. The van der Waals surface area contributed by atoms with Crippen molar-refractivity contribution in [3.8, 4) is 0 Å². The molecule has 114 valence electrons. The van der Waals surface area contributed by atoms with Gasteiger partial charge in [-0.15, -0.1) is 0 Å². The summed E-state index contributed by atoms with van der Waals surface area (Å²) >= 11 is 7.17. The molecular weight excluding hydrogens is 396 g/mol. The molecule has 0 amide bonds. The van der Waals surface area contributed by atoms with Crippen LogP contribution in [-0.4, -0.2) is 21.3 Å². The van der Waals surface area contributed by atoms with Crippen LogP contribution >= 0.6 is 31.9 Å². The van der Waals surface area contributed by atoms with E-state index < -0.39 is 0 Å². The van der Waals surface area contributed by atoms with Gasteiger partial charge in [0.2, 0.25) is 0 Å². The van der Waals surface area contributed by atoms with Gasteiger partial charge in [0.1, 0.15) is 0 Å². The zero-order valence-corrected chi connectivity index (χ0v) is 15.7. The number of halogens is 2. The molecule has 0 aliphatic carbocycles. The van der Waals surface area contributed by atoms with Crippen LogP contribution in [0.25, 0.3) is 0 Å². The molecule has 0 aliphatic rings. The van der Waals surface area contributed by atoms with E-state index in [1.807, 2.05) is 19.3 Å². The Bertz CT molecular complexity index is 610. The Kier molecular flexibility index (Phi) is 5.96. The molecule has 0 aromatic carbocycles. The molecule has 21 heavy (non-hydrogen) atoms. The van der Waals surface area contributed by atoms with Gasteiger partial charge in [0.05, 0.1) is 15.9 Å². The Labute approximate surface area is 142 Å². The van der Waals surface area contributed by atoms with E-state index in [0.717, 1.165) is 34.1 Å². The van der Waals surface area contributed by atoms with Gasteiger partial charge in [-0.3, -0.25) is 9.67 Å². The number of hydrogen-bond acceptors (Lipinski definition) is 3. The summed E-state index contributed by atoms with van der Waals surface area (Å²) in [6.45, 7) is 8.05. The maximum atomic E-state index is 4.57. The maximum absolute atomic E-state index is 4.57. The van der Waals surface area contributed by atoms with Crippen LogP contribution in [0.1, 0.15) is 36.8 Å². The zero-order valence-electron chi connectivity index (χ0n) is 12.5. The van der Waals surface area contributed by atoms with Crippen molar-refractivity contribution in [2.75, 3.05) is 6.54 Å². The van der Waals surface area contributed by atoms with Gasteiger partial charge in [0.25, 0.3) is 0 Å². The van der Waals surface area contributed by atoms with E-state index in [2.05, 4.69) is 71.9 Å². The number of likely N-dealkylation sites (N-methyl/N-ethyl adjacent to an activating group) is 1. The van der Waals surface area contributed by atoms with Crippen LogP contribution in [0, 0.1) is 6.92 Å². The first-order valence-corrected chi connectivity index (χ1v) is 8.71. The van der Waals surface area contributed by atoms with E-state index in [4.69, 9.17) is 0 Å². The van der Waals surface area contributed by atoms with Gasteiger partial charge in [-0.25, -0.2) is 0 Å². The van der Waals surface area contributed by atoms with Crippen LogP contribution in [0.4, 0.5) is 0 Å². The summed E-state index contributed by atoms with van der Waals surface area (Å²) in [7, 11) is 0. The fraction of sp³-hybridized carbons (Fsp3) is 0.467. The van der Waals surface area contributed by atoms with Crippen LogP contribution in [0.2, 0.25) is 0 Å². The molecule has 1 atom stereocenters. The second-order valence-corrected chi connectivity index (χ2v) is 6.62. The standard InChI is InChI=1S/C15H20Br2N4/c1-4-19-13(11-6-12(16)9-18-8-11)7-14-15(17)10(3)20-21(14)5-2/h6,8-9,13,19H,4-5,7H2,1-3H3. The van der Waals surface area contributed by atoms with Gasteiger partial charge >= 0.3 is 0 Å². The highest BCUT2D eigenvalue weighted by atomic mass is 79.9. The first-order valence-electron chi connectivity index (χ1n) is 7.12. The monoisotopic (exact) mass is 414 g/mol. The number of aryl methyl sites for hydroxylation is 2. The van der Waals surface area contributed by atoms with Crippen LogP contribution in [0.3, 0.4) is 0 Å². The van der Waals surface area contributed by atoms with E-state index in [1.165, 1.54) is 11.3 Å². The first-order chi connectivity index (χ1) is 10.1. The summed E-state index contributed by atoms with van der Waals surface area (Å²) in [5.41, 5.74) is 3.44. The minimum absolute atomic E-state index is 0.220. The predicted octanol–water partition coefficient (Wildman–Crippen LogP) is 4.02. The van der Waals surface area contributed by atoms with E-state index in [-0.39, 0.29) is 6.04 Å². The third-order valence-electron chi connectivity index (χ3n) is 3.43. The molecule has 2 heterocycles. The molecule has 2 aromatic rings. The summed E-state index contributed by atoms with van der Waals surface area (Å²) in [6, 6.07) is 2.34. The Morgan fingerprint density at radius 2 is 2.05 bits per heavy atom. The van der Waals surface area contributed by atoms with Crippen molar-refractivity contribution in [1.82, 2.24) is 20.1 Å². The first kappa shape index (κ1) is 16.6. The second kappa shape index (κ2) is 7.51. The third-order valence-corrected chi connectivity index (χ3v) is 4.89. The summed E-state index contributed by atoms with van der Waals surface area (Å²) in [6.07, 6.45) is 4.61. The number of nitrogens with one attached hydrogen (secondary N) is 1. The molecule has 0 bridgehead atoms. The fourth-order valence-corrected chi connectivity index (χ4v) is 3.26. The van der Waals surface area contributed by atoms with E-state index in [1.54, 1.807) is 0 Å². The molecule has 1 unspecified atom stereocenters. The Hall–Kier alpha value is -0.720. The van der Waals surface area contributed by atoms with Gasteiger partial charge < -0.3 is 5.32 Å². The van der Waals surface area contributed by atoms with Gasteiger partial charge in [0.15, 0.2) is 0 Å². The van der Waals surface area contributed by atoms with Crippen molar-refractivity contribution in [3.63, 3.8) is 0 Å². The summed E-state index contributed by atoms with van der Waals surface area (Å²) in [5.74, 6) is 0. The molecule has 0 aliphatic heterocycles.